The highest BCUT2D eigenvalue weighted by Crippen LogP contribution is 2.35. The lowest BCUT2D eigenvalue weighted by molar-refractivity contribution is -0.141. The van der Waals surface area contributed by atoms with Gasteiger partial charge in [0, 0.05) is 55.4 Å². The molecule has 2 heterocycles. The van der Waals surface area contributed by atoms with Crippen molar-refractivity contribution in [2.75, 3.05) is 31.2 Å². The number of amides is 2. The van der Waals surface area contributed by atoms with Crippen molar-refractivity contribution in [3.05, 3.63) is 64.3 Å². The van der Waals surface area contributed by atoms with Crippen molar-refractivity contribution in [3.63, 3.8) is 0 Å². The summed E-state index contributed by atoms with van der Waals surface area (Å²) in [7, 11) is 0. The molecule has 0 aliphatic carbocycles. The van der Waals surface area contributed by atoms with Crippen molar-refractivity contribution in [1.29, 1.82) is 5.26 Å². The molecule has 1 aliphatic heterocycles. The monoisotopic (exact) mass is 674 g/mol. The highest BCUT2D eigenvalue weighted by atomic mass is 35.5. The Kier molecular flexibility index (Phi) is 12.7. The van der Waals surface area contributed by atoms with Gasteiger partial charge in [-0.25, -0.2) is 0 Å². The van der Waals surface area contributed by atoms with Crippen LogP contribution in [0.15, 0.2) is 42.6 Å². The molecule has 2 atom stereocenters. The second-order valence-corrected chi connectivity index (χ2v) is 14.4. The molecule has 1 N–H and O–H groups in total. The lowest BCUT2D eigenvalue weighted by atomic mass is 9.85. The number of ether oxygens (including phenoxy) is 1. The van der Waals surface area contributed by atoms with Crippen LogP contribution in [-0.2, 0) is 20.9 Å². The van der Waals surface area contributed by atoms with E-state index in [1.54, 1.807) is 6.07 Å². The lowest BCUT2D eigenvalue weighted by Gasteiger charge is -2.35. The van der Waals surface area contributed by atoms with E-state index in [0.29, 0.717) is 17.2 Å². The van der Waals surface area contributed by atoms with Crippen LogP contribution in [0.2, 0.25) is 5.02 Å². The third kappa shape index (κ3) is 9.18. The number of anilines is 2. The Morgan fingerprint density at radius 3 is 2.56 bits per heavy atom. The van der Waals surface area contributed by atoms with Gasteiger partial charge in [-0.1, -0.05) is 44.5 Å². The summed E-state index contributed by atoms with van der Waals surface area (Å²) in [6.07, 6.45) is 6.81. The maximum absolute atomic E-state index is 13.2. The fourth-order valence-corrected chi connectivity index (χ4v) is 6.54. The molecular formula is C38H51ClN6O3. The van der Waals surface area contributed by atoms with Gasteiger partial charge < -0.3 is 19.9 Å². The summed E-state index contributed by atoms with van der Waals surface area (Å²) in [5.41, 5.74) is 6.31. The third-order valence-corrected chi connectivity index (χ3v) is 9.40. The number of hydrogen-bond donors (Lipinski definition) is 1. The molecule has 1 aliphatic rings. The van der Waals surface area contributed by atoms with Crippen LogP contribution < -0.4 is 10.2 Å². The summed E-state index contributed by atoms with van der Waals surface area (Å²) < 4.78 is 7.68. The summed E-state index contributed by atoms with van der Waals surface area (Å²) in [6.45, 7) is 17.0. The molecule has 48 heavy (non-hydrogen) atoms. The van der Waals surface area contributed by atoms with Gasteiger partial charge in [0.2, 0.25) is 11.8 Å². The van der Waals surface area contributed by atoms with E-state index in [1.165, 1.54) is 0 Å². The van der Waals surface area contributed by atoms with Crippen LogP contribution >= 0.6 is 11.6 Å². The Morgan fingerprint density at radius 2 is 1.92 bits per heavy atom. The highest BCUT2D eigenvalue weighted by Gasteiger charge is 2.38. The summed E-state index contributed by atoms with van der Waals surface area (Å²) in [6, 6.07) is 13.7. The molecule has 2 aromatic carbocycles. The topological polar surface area (TPSA) is 103 Å². The Hall–Kier alpha value is -3.87. The van der Waals surface area contributed by atoms with E-state index < -0.39 is 11.5 Å². The first-order chi connectivity index (χ1) is 22.8. The molecule has 0 spiro atoms. The largest absolute Gasteiger partial charge is 0.372 e. The average molecular weight is 675 g/mol. The second-order valence-electron chi connectivity index (χ2n) is 13.9. The van der Waals surface area contributed by atoms with Gasteiger partial charge in [-0.05, 0) is 101 Å². The molecular weight excluding hydrogens is 624 g/mol. The first kappa shape index (κ1) is 37.0. The van der Waals surface area contributed by atoms with Crippen LogP contribution in [0, 0.1) is 30.6 Å². The number of aromatic nitrogens is 2. The van der Waals surface area contributed by atoms with Crippen LogP contribution in [0.3, 0.4) is 0 Å². The summed E-state index contributed by atoms with van der Waals surface area (Å²) in [5.74, 6) is -0.256. The molecule has 0 saturated carbocycles. The van der Waals surface area contributed by atoms with Gasteiger partial charge in [-0.15, -0.1) is 0 Å². The first-order valence-electron chi connectivity index (χ1n) is 17.1. The second kappa shape index (κ2) is 16.5. The summed E-state index contributed by atoms with van der Waals surface area (Å²) in [5, 5.41) is 17.6. The predicted octanol–water partition coefficient (Wildman–Crippen LogP) is 7.58. The molecule has 10 heteroatoms. The average Bonchev–Trinajstić information content (AvgIpc) is 3.64. The molecule has 0 unspecified atom stereocenters. The molecule has 0 radical (unpaired) electrons. The Morgan fingerprint density at radius 1 is 1.15 bits per heavy atom. The zero-order valence-electron chi connectivity index (χ0n) is 29.6. The zero-order chi connectivity index (χ0) is 35.0. The van der Waals surface area contributed by atoms with Crippen LogP contribution in [0.25, 0.3) is 11.3 Å². The number of halogens is 1. The Balaban J connectivity index is 1.26. The van der Waals surface area contributed by atoms with E-state index in [9.17, 15) is 14.9 Å². The third-order valence-electron chi connectivity index (χ3n) is 9.08. The number of unbranched alkanes of at least 4 members (excludes halogenated alkanes) is 2. The van der Waals surface area contributed by atoms with Crippen LogP contribution in [0.1, 0.15) is 83.4 Å². The number of carbonyl (C=O) groups excluding carboxylic acids is 2. The number of nitrogens with zero attached hydrogens (tertiary/aromatic N) is 5. The number of nitriles is 1. The van der Waals surface area contributed by atoms with Crippen LogP contribution in [0.4, 0.5) is 11.4 Å². The normalized spacial score (nSPS) is 15.3. The van der Waals surface area contributed by atoms with E-state index in [-0.39, 0.29) is 24.5 Å². The van der Waals surface area contributed by atoms with Gasteiger partial charge in [0.1, 0.15) is 18.7 Å². The number of rotatable bonds is 14. The maximum atomic E-state index is 13.2. The Bertz CT molecular complexity index is 1620. The number of nitrogens with one attached hydrogen (secondary N) is 1. The first-order valence-corrected chi connectivity index (χ1v) is 17.5. The number of aryl methyl sites for hydroxylation is 3. The standard InChI is InChI=1S/C38H51ClN6O3/c1-8-44(31-17-16-30(23-40)32(39)22-31)33-21-29(15-14-26(33)2)35-27(3)24-43(42-35)18-10-9-11-20-48-25-34(46)41-36(38(5,6)7)37(47)45-19-12-13-28(45)4/h14-17,21-22,24,28,36H,8-13,18-20,25H2,1-7H3,(H,41,46)/t28-,36-/m1/s1. The minimum absolute atomic E-state index is 0.00270. The maximum Gasteiger partial charge on any atom is 0.246 e. The molecule has 2 amide bonds. The molecule has 4 rings (SSSR count). The van der Waals surface area contributed by atoms with Crippen LogP contribution in [0.5, 0.6) is 0 Å². The van der Waals surface area contributed by atoms with E-state index in [4.69, 9.17) is 21.4 Å². The molecule has 3 aromatic rings. The van der Waals surface area contributed by atoms with E-state index in [1.807, 2.05) is 42.5 Å². The molecule has 258 valence electrons. The highest BCUT2D eigenvalue weighted by molar-refractivity contribution is 6.32. The molecule has 1 saturated heterocycles. The van der Waals surface area contributed by atoms with Crippen molar-refractivity contribution >= 4 is 34.8 Å². The summed E-state index contributed by atoms with van der Waals surface area (Å²) >= 11 is 6.36. The van der Waals surface area contributed by atoms with Crippen molar-refractivity contribution in [2.45, 2.75) is 99.2 Å². The lowest BCUT2D eigenvalue weighted by Crippen LogP contribution is -2.56. The number of carbonyl (C=O) groups is 2. The minimum atomic E-state index is -0.574. The van der Waals surface area contributed by atoms with E-state index in [2.05, 4.69) is 68.4 Å². The van der Waals surface area contributed by atoms with Crippen molar-refractivity contribution in [2.24, 2.45) is 5.41 Å². The van der Waals surface area contributed by atoms with Crippen molar-refractivity contribution in [3.8, 4) is 17.3 Å². The number of benzene rings is 2. The van der Waals surface area contributed by atoms with E-state index in [0.717, 1.165) is 85.5 Å². The fraction of sp³-hybridized carbons (Fsp3) is 0.526. The predicted molar refractivity (Wildman–Crippen MR) is 192 cm³/mol. The SMILES string of the molecule is CCN(c1ccc(C#N)c(Cl)c1)c1cc(-c2nn(CCCCCOCC(=O)N[C@H](C(=O)N3CCC[C@H]3C)C(C)(C)C)cc2C)ccc1C. The van der Waals surface area contributed by atoms with Gasteiger partial charge in [-0.2, -0.15) is 10.4 Å². The quantitative estimate of drug-likeness (QED) is 0.177. The van der Waals surface area contributed by atoms with Crippen molar-refractivity contribution in [1.82, 2.24) is 20.0 Å². The fourth-order valence-electron chi connectivity index (χ4n) is 6.32. The number of likely N-dealkylation sites (tertiary alicyclic amines) is 1. The van der Waals surface area contributed by atoms with Gasteiger partial charge in [0.05, 0.1) is 16.3 Å². The zero-order valence-corrected chi connectivity index (χ0v) is 30.4. The molecule has 9 nitrogen and oxygen atoms in total. The van der Waals surface area contributed by atoms with E-state index >= 15 is 0 Å². The number of hydrogen-bond acceptors (Lipinski definition) is 6. The molecule has 1 fully saturated rings. The van der Waals surface area contributed by atoms with Gasteiger partial charge in [0.25, 0.3) is 0 Å². The molecule has 0 bridgehead atoms. The Labute approximate surface area is 291 Å². The van der Waals surface area contributed by atoms with Gasteiger partial charge in [-0.3, -0.25) is 14.3 Å². The van der Waals surface area contributed by atoms with Crippen molar-refractivity contribution < 1.29 is 14.3 Å². The van der Waals surface area contributed by atoms with Gasteiger partial charge >= 0.3 is 0 Å². The van der Waals surface area contributed by atoms with Crippen LogP contribution in [-0.4, -0.2) is 64.9 Å². The molecule has 1 aromatic heterocycles. The van der Waals surface area contributed by atoms with Gasteiger partial charge in [0.15, 0.2) is 0 Å². The minimum Gasteiger partial charge on any atom is -0.372 e. The smallest absolute Gasteiger partial charge is 0.246 e. The summed E-state index contributed by atoms with van der Waals surface area (Å²) in [4.78, 5) is 30.0.